The van der Waals surface area contributed by atoms with E-state index in [0.29, 0.717) is 11.2 Å². The van der Waals surface area contributed by atoms with E-state index < -0.39 is 0 Å². The van der Waals surface area contributed by atoms with Gasteiger partial charge >= 0.3 is 0 Å². The van der Waals surface area contributed by atoms with Crippen LogP contribution in [0.5, 0.6) is 5.75 Å². The molecule has 2 nitrogen and oxygen atoms in total. The second-order valence-electron chi connectivity index (χ2n) is 4.15. The third-order valence-corrected chi connectivity index (χ3v) is 3.19. The van der Waals surface area contributed by atoms with Gasteiger partial charge in [0.2, 0.25) is 0 Å². The Morgan fingerprint density at radius 2 is 2.11 bits per heavy atom. The number of thioether (sulfide) groups is 1. The summed E-state index contributed by atoms with van der Waals surface area (Å²) in [5.41, 5.74) is 7.72. The van der Waals surface area contributed by atoms with Crippen molar-refractivity contribution in [3.8, 4) is 5.75 Å². The Labute approximate surface area is 114 Å². The quantitative estimate of drug-likeness (QED) is 0.471. The standard InChI is InChI=1S/C15H21NOS/c1-4-5-6-7-13-8-9-14(10-15(13)16)17-11-18-12(2)3/h4-10,12H,11,16H2,1-3H3/b5-4-,7-6-. The first-order valence-electron chi connectivity index (χ1n) is 6.06. The largest absolute Gasteiger partial charge is 0.483 e. The number of ether oxygens (including phenoxy) is 1. The molecule has 2 N–H and O–H groups in total. The Bertz CT molecular complexity index is 425. The topological polar surface area (TPSA) is 35.2 Å². The first kappa shape index (κ1) is 14.7. The van der Waals surface area contributed by atoms with Gasteiger partial charge in [0.15, 0.2) is 0 Å². The Morgan fingerprint density at radius 1 is 1.33 bits per heavy atom. The van der Waals surface area contributed by atoms with Crippen LogP contribution in [0.4, 0.5) is 5.69 Å². The molecule has 98 valence electrons. The zero-order valence-corrected chi connectivity index (χ0v) is 12.0. The molecule has 3 heteroatoms. The molecule has 0 aliphatic heterocycles. The van der Waals surface area contributed by atoms with E-state index in [2.05, 4.69) is 13.8 Å². The molecule has 0 amide bonds. The average Bonchev–Trinajstić information content (AvgIpc) is 2.31. The van der Waals surface area contributed by atoms with Crippen molar-refractivity contribution in [3.63, 3.8) is 0 Å². The fourth-order valence-corrected chi connectivity index (χ4v) is 1.78. The zero-order chi connectivity index (χ0) is 13.4. The highest BCUT2D eigenvalue weighted by Gasteiger charge is 2.00. The van der Waals surface area contributed by atoms with Crippen LogP contribution in [0.2, 0.25) is 0 Å². The van der Waals surface area contributed by atoms with Crippen molar-refractivity contribution in [1.29, 1.82) is 0 Å². The first-order chi connectivity index (χ1) is 8.63. The van der Waals surface area contributed by atoms with E-state index in [1.54, 1.807) is 11.8 Å². The number of hydrogen-bond acceptors (Lipinski definition) is 3. The van der Waals surface area contributed by atoms with Gasteiger partial charge in [0, 0.05) is 17.0 Å². The predicted molar refractivity (Wildman–Crippen MR) is 82.9 cm³/mol. The van der Waals surface area contributed by atoms with E-state index in [4.69, 9.17) is 10.5 Å². The van der Waals surface area contributed by atoms with E-state index in [1.165, 1.54) is 0 Å². The summed E-state index contributed by atoms with van der Waals surface area (Å²) >= 11 is 1.77. The molecule has 18 heavy (non-hydrogen) atoms. The van der Waals surface area contributed by atoms with Crippen LogP contribution in [0.25, 0.3) is 6.08 Å². The van der Waals surface area contributed by atoms with E-state index in [9.17, 15) is 0 Å². The lowest BCUT2D eigenvalue weighted by atomic mass is 10.1. The molecule has 0 spiro atoms. The van der Waals surface area contributed by atoms with Crippen molar-refractivity contribution >= 4 is 23.5 Å². The van der Waals surface area contributed by atoms with E-state index >= 15 is 0 Å². The molecule has 0 heterocycles. The first-order valence-corrected chi connectivity index (χ1v) is 7.11. The SMILES string of the molecule is C/C=C\C=C/c1ccc(OCSC(C)C)cc1N. The van der Waals surface area contributed by atoms with Crippen molar-refractivity contribution in [1.82, 2.24) is 0 Å². The summed E-state index contributed by atoms with van der Waals surface area (Å²) in [5, 5.41) is 0.574. The maximum absolute atomic E-state index is 5.97. The molecule has 0 bridgehead atoms. The Kier molecular flexibility index (Phi) is 6.44. The minimum atomic E-state index is 0.574. The molecular weight excluding hydrogens is 242 g/mol. The Hall–Kier alpha value is -1.35. The van der Waals surface area contributed by atoms with Crippen molar-refractivity contribution in [2.45, 2.75) is 26.0 Å². The van der Waals surface area contributed by atoms with Crippen LogP contribution in [0.3, 0.4) is 0 Å². The third kappa shape index (κ3) is 5.32. The number of benzene rings is 1. The highest BCUT2D eigenvalue weighted by molar-refractivity contribution is 7.99. The second-order valence-corrected chi connectivity index (χ2v) is 5.67. The van der Waals surface area contributed by atoms with Crippen molar-refractivity contribution in [2.24, 2.45) is 0 Å². The van der Waals surface area contributed by atoms with Gasteiger partial charge in [-0.2, -0.15) is 0 Å². The smallest absolute Gasteiger partial charge is 0.134 e. The molecule has 0 saturated carbocycles. The fraction of sp³-hybridized carbons (Fsp3) is 0.333. The summed E-state index contributed by atoms with van der Waals surface area (Å²) in [7, 11) is 0. The molecule has 0 aromatic heterocycles. The minimum absolute atomic E-state index is 0.574. The highest BCUT2D eigenvalue weighted by Crippen LogP contribution is 2.22. The molecule has 1 rings (SSSR count). The van der Waals surface area contributed by atoms with Gasteiger partial charge in [-0.25, -0.2) is 0 Å². The molecule has 0 aliphatic rings. The number of allylic oxidation sites excluding steroid dienone is 3. The van der Waals surface area contributed by atoms with Gasteiger partial charge in [0.05, 0.1) is 0 Å². The van der Waals surface area contributed by atoms with Gasteiger partial charge < -0.3 is 10.5 Å². The fourth-order valence-electron chi connectivity index (χ4n) is 1.30. The van der Waals surface area contributed by atoms with Crippen LogP contribution in [0.15, 0.2) is 36.4 Å². The van der Waals surface area contributed by atoms with Crippen LogP contribution in [0, 0.1) is 0 Å². The number of anilines is 1. The summed E-state index contributed by atoms with van der Waals surface area (Å²) in [4.78, 5) is 0. The third-order valence-electron chi connectivity index (χ3n) is 2.26. The van der Waals surface area contributed by atoms with Crippen LogP contribution in [0.1, 0.15) is 26.3 Å². The molecule has 0 radical (unpaired) electrons. The number of hydrogen-bond donors (Lipinski definition) is 1. The van der Waals surface area contributed by atoms with Crippen molar-refractivity contribution < 1.29 is 4.74 Å². The molecule has 0 saturated heterocycles. The summed E-state index contributed by atoms with van der Waals surface area (Å²) in [6.07, 6.45) is 7.92. The molecule has 1 aromatic carbocycles. The van der Waals surface area contributed by atoms with Gasteiger partial charge in [-0.3, -0.25) is 0 Å². The molecule has 0 atom stereocenters. The Morgan fingerprint density at radius 3 is 2.72 bits per heavy atom. The van der Waals surface area contributed by atoms with Gasteiger partial charge in [-0.15, -0.1) is 11.8 Å². The highest BCUT2D eigenvalue weighted by atomic mass is 32.2. The lowest BCUT2D eigenvalue weighted by Crippen LogP contribution is -1.98. The van der Waals surface area contributed by atoms with E-state index in [0.717, 1.165) is 17.0 Å². The molecule has 1 aromatic rings. The number of nitrogen functional groups attached to an aromatic ring is 1. The monoisotopic (exact) mass is 263 g/mol. The average molecular weight is 263 g/mol. The van der Waals surface area contributed by atoms with Gasteiger partial charge in [0.1, 0.15) is 11.7 Å². The van der Waals surface area contributed by atoms with E-state index in [1.807, 2.05) is 49.4 Å². The summed E-state index contributed by atoms with van der Waals surface area (Å²) < 4.78 is 5.62. The number of nitrogens with two attached hydrogens (primary N) is 1. The maximum Gasteiger partial charge on any atom is 0.134 e. The van der Waals surface area contributed by atoms with Crippen LogP contribution in [-0.2, 0) is 0 Å². The van der Waals surface area contributed by atoms with Crippen molar-refractivity contribution in [3.05, 3.63) is 42.0 Å². The van der Waals surface area contributed by atoms with Crippen LogP contribution < -0.4 is 10.5 Å². The van der Waals surface area contributed by atoms with Gasteiger partial charge in [-0.1, -0.05) is 38.2 Å². The summed E-state index contributed by atoms with van der Waals surface area (Å²) in [6, 6.07) is 5.80. The molecular formula is C15H21NOS. The lowest BCUT2D eigenvalue weighted by Gasteiger charge is -2.09. The van der Waals surface area contributed by atoms with Crippen LogP contribution in [-0.4, -0.2) is 11.2 Å². The Balaban J connectivity index is 2.61. The lowest BCUT2D eigenvalue weighted by molar-refractivity contribution is 0.392. The minimum Gasteiger partial charge on any atom is -0.483 e. The normalized spacial score (nSPS) is 11.8. The summed E-state index contributed by atoms with van der Waals surface area (Å²) in [6.45, 7) is 6.28. The number of rotatable bonds is 6. The molecule has 0 aliphatic carbocycles. The molecule has 0 fully saturated rings. The van der Waals surface area contributed by atoms with Gasteiger partial charge in [0.25, 0.3) is 0 Å². The van der Waals surface area contributed by atoms with Crippen molar-refractivity contribution in [2.75, 3.05) is 11.7 Å². The summed E-state index contributed by atoms with van der Waals surface area (Å²) in [5.74, 6) is 1.48. The van der Waals surface area contributed by atoms with Crippen LogP contribution >= 0.6 is 11.8 Å². The zero-order valence-electron chi connectivity index (χ0n) is 11.2. The van der Waals surface area contributed by atoms with Gasteiger partial charge in [-0.05, 0) is 24.6 Å². The maximum atomic E-state index is 5.97. The second kappa shape index (κ2) is 7.88. The van der Waals surface area contributed by atoms with E-state index in [-0.39, 0.29) is 0 Å². The predicted octanol–water partition coefficient (Wildman–Crippen LogP) is 4.34. The molecule has 0 unspecified atom stereocenters.